The lowest BCUT2D eigenvalue weighted by Crippen LogP contribution is -2.47. The smallest absolute Gasteiger partial charge is 0.306 e. The average Bonchev–Trinajstić information content (AvgIpc) is 4.09. The molecule has 4 saturated carbocycles. The van der Waals surface area contributed by atoms with Crippen LogP contribution in [0.15, 0.2) is 49.2 Å². The predicted octanol–water partition coefficient (Wildman–Crippen LogP) is 5.28. The van der Waals surface area contributed by atoms with Crippen molar-refractivity contribution < 1.29 is 37.1 Å². The van der Waals surface area contributed by atoms with E-state index < -0.39 is 50.6 Å². The maximum Gasteiger partial charge on any atom is 0.306 e. The molecule has 4 aliphatic carbocycles. The highest BCUT2D eigenvalue weighted by Crippen LogP contribution is 2.57. The minimum Gasteiger partial charge on any atom is -0.472 e. The molecule has 12 heteroatoms. The molecular formula is C40H47N3O8S. The monoisotopic (exact) mass is 729 g/mol. The van der Waals surface area contributed by atoms with Crippen LogP contribution in [0, 0.1) is 28.6 Å². The number of cyclic esters (lactones) is 1. The van der Waals surface area contributed by atoms with Gasteiger partial charge in [0.1, 0.15) is 6.10 Å². The lowest BCUT2D eigenvalue weighted by atomic mass is 9.86. The van der Waals surface area contributed by atoms with Gasteiger partial charge in [0.15, 0.2) is 5.78 Å². The summed E-state index contributed by atoms with van der Waals surface area (Å²) < 4.78 is 40.2. The number of nitrogens with zero attached hydrogens (tertiary/aromatic N) is 2. The van der Waals surface area contributed by atoms with Gasteiger partial charge < -0.3 is 14.4 Å². The van der Waals surface area contributed by atoms with Gasteiger partial charge in [-0.3, -0.25) is 23.9 Å². The highest BCUT2D eigenvalue weighted by molar-refractivity contribution is 7.90. The Hall–Kier alpha value is -4.06. The molecule has 11 nitrogen and oxygen atoms in total. The Kier molecular flexibility index (Phi) is 9.03. The van der Waals surface area contributed by atoms with E-state index >= 15 is 0 Å². The summed E-state index contributed by atoms with van der Waals surface area (Å²) >= 11 is 0. The molecule has 1 aromatic heterocycles. The summed E-state index contributed by atoms with van der Waals surface area (Å²) in [6.07, 6.45) is 14.3. The van der Waals surface area contributed by atoms with E-state index in [0.29, 0.717) is 31.7 Å². The molecular weight excluding hydrogens is 683 g/mol. The number of hydrogen-bond donors (Lipinski definition) is 1. The lowest BCUT2D eigenvalue weighted by Gasteiger charge is -2.31. The Labute approximate surface area is 304 Å². The third-order valence-corrected chi connectivity index (χ3v) is 14.4. The highest BCUT2D eigenvalue weighted by atomic mass is 32.2. The molecule has 5 fully saturated rings. The molecule has 52 heavy (non-hydrogen) atoms. The van der Waals surface area contributed by atoms with Crippen LogP contribution >= 0.6 is 0 Å². The first kappa shape index (κ1) is 35.0. The van der Waals surface area contributed by atoms with Gasteiger partial charge in [-0.1, -0.05) is 43.2 Å². The Bertz CT molecular complexity index is 1950. The molecule has 1 saturated heterocycles. The van der Waals surface area contributed by atoms with E-state index in [0.717, 1.165) is 61.3 Å². The Morgan fingerprint density at radius 2 is 1.88 bits per heavy atom. The van der Waals surface area contributed by atoms with Gasteiger partial charge in [0.2, 0.25) is 27.7 Å². The third-order valence-electron chi connectivity index (χ3n) is 12.5. The first-order chi connectivity index (χ1) is 25.0. The van der Waals surface area contributed by atoms with Gasteiger partial charge in [-0.2, -0.15) is 0 Å². The number of esters is 1. The zero-order valence-corrected chi connectivity index (χ0v) is 30.3. The van der Waals surface area contributed by atoms with Gasteiger partial charge in [0.05, 0.1) is 42.2 Å². The van der Waals surface area contributed by atoms with Crippen molar-refractivity contribution in [1.29, 1.82) is 0 Å². The van der Waals surface area contributed by atoms with Crippen molar-refractivity contribution in [2.45, 2.75) is 101 Å². The van der Waals surface area contributed by atoms with E-state index in [1.54, 1.807) is 17.2 Å². The highest BCUT2D eigenvalue weighted by Gasteiger charge is 2.61. The first-order valence-corrected chi connectivity index (χ1v) is 20.4. The number of carbonyl (C=O) groups excluding carboxylic acids is 4. The van der Waals surface area contributed by atoms with Crippen LogP contribution in [0.25, 0.3) is 16.8 Å². The van der Waals surface area contributed by atoms with Crippen molar-refractivity contribution in [2.24, 2.45) is 28.6 Å². The number of nitrogens with one attached hydrogen (secondary N) is 1. The molecule has 0 unspecified atom stereocenters. The van der Waals surface area contributed by atoms with Crippen LogP contribution in [0.4, 0.5) is 0 Å². The number of pyridine rings is 1. The molecule has 6 aliphatic rings. The van der Waals surface area contributed by atoms with E-state index in [9.17, 15) is 27.6 Å². The van der Waals surface area contributed by atoms with E-state index in [-0.39, 0.29) is 54.7 Å². The molecule has 1 aromatic carbocycles. The molecule has 3 heterocycles. The van der Waals surface area contributed by atoms with Crippen LogP contribution in [-0.4, -0.2) is 72.4 Å². The Morgan fingerprint density at radius 3 is 2.60 bits per heavy atom. The standard InChI is InChI=1S/C40H47N3O8S/c1-2-28-21-40(28,38(47)42-52(48,49)30-11-12-30)22-34(44)33-19-29-23-43(33)37(46)32(26-7-3-4-8-26)20-35(45)50-24-39(15-16-39)14-5-6-25-9-10-27-13-17-41-36(51-29)31(27)18-25/h2,5-6,9-10,13,17-18,26,28-30,32-33H,1,3-4,7-8,11-12,14-16,19-24H2,(H,42,47)/b6-5+/t28-,29-,32+,33+,40-/m1/s1. The first-order valence-electron chi connectivity index (χ1n) is 18.9. The molecule has 8 rings (SSSR count). The normalized spacial score (nSPS) is 31.0. The van der Waals surface area contributed by atoms with Crippen LogP contribution in [0.1, 0.15) is 89.0 Å². The van der Waals surface area contributed by atoms with Gasteiger partial charge in [0, 0.05) is 29.8 Å². The number of benzene rings is 1. The fraction of sp³-hybridized carbons (Fsp3) is 0.575. The Balaban J connectivity index is 1.12. The molecule has 2 amide bonds. The van der Waals surface area contributed by atoms with Crippen molar-refractivity contribution in [3.63, 3.8) is 0 Å². The zero-order valence-electron chi connectivity index (χ0n) is 29.5. The van der Waals surface area contributed by atoms with Crippen LogP contribution in [-0.2, 0) is 33.9 Å². The average molecular weight is 730 g/mol. The molecule has 1 spiro atoms. The number of Topliss-reactive ketones (excluding diaryl/α,β-unsaturated/α-hetero) is 1. The van der Waals surface area contributed by atoms with Crippen molar-refractivity contribution in [3.05, 3.63) is 54.8 Å². The summed E-state index contributed by atoms with van der Waals surface area (Å²) in [5.41, 5.74) is -0.373. The molecule has 5 atom stereocenters. The predicted molar refractivity (Wildman–Crippen MR) is 193 cm³/mol. The number of ether oxygens (including phenoxy) is 2. The molecule has 0 radical (unpaired) electrons. The second-order valence-electron chi connectivity index (χ2n) is 16.2. The molecule has 2 aliphatic heterocycles. The maximum absolute atomic E-state index is 14.7. The zero-order chi connectivity index (χ0) is 36.3. The largest absolute Gasteiger partial charge is 0.472 e. The Morgan fingerprint density at radius 1 is 1.10 bits per heavy atom. The summed E-state index contributed by atoms with van der Waals surface area (Å²) in [6.45, 7) is 4.25. The van der Waals surface area contributed by atoms with Crippen molar-refractivity contribution in [3.8, 4) is 5.88 Å². The molecule has 2 aromatic rings. The van der Waals surface area contributed by atoms with Gasteiger partial charge >= 0.3 is 5.97 Å². The van der Waals surface area contributed by atoms with Crippen LogP contribution in [0.3, 0.4) is 0 Å². The van der Waals surface area contributed by atoms with E-state index in [2.05, 4.69) is 28.4 Å². The van der Waals surface area contributed by atoms with Crippen molar-refractivity contribution >= 4 is 50.4 Å². The molecule has 1 N–H and O–H groups in total. The van der Waals surface area contributed by atoms with Gasteiger partial charge in [-0.15, -0.1) is 6.58 Å². The van der Waals surface area contributed by atoms with E-state index in [4.69, 9.17) is 9.47 Å². The topological polar surface area (TPSA) is 149 Å². The SMILES string of the molecule is C=C[C@@H]1C[C@]1(CC(=O)[C@@H]1C[C@@H]2CN1C(=O)[C@H](C1CCCC1)CC(=O)OCC1(C/C=C/c3ccc4ccnc(c4c3)O2)CC1)C(=O)NS(=O)(=O)C1CC1. The second-order valence-corrected chi connectivity index (χ2v) is 18.2. The molecule has 276 valence electrons. The number of hydrogen-bond acceptors (Lipinski definition) is 9. The maximum atomic E-state index is 14.7. The second kappa shape index (κ2) is 13.4. The summed E-state index contributed by atoms with van der Waals surface area (Å²) in [5, 5.41) is 1.17. The van der Waals surface area contributed by atoms with Gasteiger partial charge in [0.25, 0.3) is 0 Å². The van der Waals surface area contributed by atoms with Crippen molar-refractivity contribution in [1.82, 2.24) is 14.6 Å². The minimum absolute atomic E-state index is 0.0179. The third kappa shape index (κ3) is 6.90. The van der Waals surface area contributed by atoms with Gasteiger partial charge in [-0.05, 0) is 86.3 Å². The molecule has 4 bridgehead atoms. The summed E-state index contributed by atoms with van der Waals surface area (Å²) in [5.74, 6) is -2.35. The minimum atomic E-state index is -3.83. The number of carbonyl (C=O) groups is 4. The fourth-order valence-electron chi connectivity index (χ4n) is 8.78. The number of rotatable bonds is 8. The number of amides is 2. The summed E-state index contributed by atoms with van der Waals surface area (Å²) in [6, 6.07) is 7.05. The fourth-order valence-corrected chi connectivity index (χ4v) is 10.2. The number of aromatic nitrogens is 1. The summed E-state index contributed by atoms with van der Waals surface area (Å²) in [4.78, 5) is 62.3. The van der Waals surface area contributed by atoms with Crippen molar-refractivity contribution in [2.75, 3.05) is 13.2 Å². The summed E-state index contributed by atoms with van der Waals surface area (Å²) in [7, 11) is -3.83. The quantitative estimate of drug-likeness (QED) is 0.283. The van der Waals surface area contributed by atoms with Crippen LogP contribution < -0.4 is 9.46 Å². The van der Waals surface area contributed by atoms with Crippen LogP contribution in [0.2, 0.25) is 0 Å². The number of fused-ring (bicyclic) bond motifs is 3. The number of allylic oxidation sites excluding steroid dienone is 2. The van der Waals surface area contributed by atoms with Gasteiger partial charge in [-0.25, -0.2) is 13.4 Å². The number of ketones is 1. The van der Waals surface area contributed by atoms with E-state index in [1.807, 2.05) is 24.3 Å². The number of sulfonamides is 1. The lowest BCUT2D eigenvalue weighted by molar-refractivity contribution is -0.153. The van der Waals surface area contributed by atoms with E-state index in [1.165, 1.54) is 0 Å². The van der Waals surface area contributed by atoms with Crippen LogP contribution in [0.5, 0.6) is 5.88 Å².